The molecule has 2 unspecified atom stereocenters. The Morgan fingerprint density at radius 1 is 1.80 bits per heavy atom. The van der Waals surface area contributed by atoms with Crippen molar-refractivity contribution in [2.24, 2.45) is 5.73 Å². The molecule has 0 heterocycles. The molecule has 0 aromatic heterocycles. The van der Waals surface area contributed by atoms with Crippen LogP contribution in [0.4, 0.5) is 0 Å². The molecular weight excluding hydrogens is 132 g/mol. The summed E-state index contributed by atoms with van der Waals surface area (Å²) in [5.74, 6) is -0.957. The third-order valence-electron chi connectivity index (χ3n) is 1.53. The highest BCUT2D eigenvalue weighted by Crippen LogP contribution is 1.94. The van der Waals surface area contributed by atoms with Gasteiger partial charge in [-0.05, 0) is 13.5 Å². The van der Waals surface area contributed by atoms with Crippen LogP contribution in [0, 0.1) is 0 Å². The van der Waals surface area contributed by atoms with E-state index in [9.17, 15) is 4.79 Å². The monoisotopic (exact) mass is 146 g/mol. The third kappa shape index (κ3) is 2.33. The minimum Gasteiger partial charge on any atom is -0.480 e. The number of rotatable bonds is 4. The summed E-state index contributed by atoms with van der Waals surface area (Å²) in [4.78, 5) is 10.3. The molecule has 0 radical (unpaired) electrons. The van der Waals surface area contributed by atoms with Crippen LogP contribution in [0.2, 0.25) is 0 Å². The van der Waals surface area contributed by atoms with Gasteiger partial charge in [0, 0.05) is 6.04 Å². The summed E-state index contributed by atoms with van der Waals surface area (Å²) < 4.78 is 0. The van der Waals surface area contributed by atoms with E-state index in [4.69, 9.17) is 10.8 Å². The molecule has 0 aliphatic heterocycles. The quantitative estimate of drug-likeness (QED) is 0.495. The molecule has 0 aliphatic rings. The highest BCUT2D eigenvalue weighted by Gasteiger charge is 2.20. The highest BCUT2D eigenvalue weighted by atomic mass is 16.4. The number of hydrogen-bond donors (Lipinski definition) is 3. The smallest absolute Gasteiger partial charge is 0.322 e. The fraction of sp³-hybridized carbons (Fsp3) is 0.833. The maximum absolute atomic E-state index is 10.3. The van der Waals surface area contributed by atoms with Crippen LogP contribution in [0.25, 0.3) is 0 Å². The molecule has 0 fully saturated rings. The van der Waals surface area contributed by atoms with Crippen LogP contribution in [0.15, 0.2) is 0 Å². The molecule has 4 N–H and O–H groups in total. The van der Waals surface area contributed by atoms with Gasteiger partial charge < -0.3 is 16.2 Å². The van der Waals surface area contributed by atoms with Crippen molar-refractivity contribution in [3.8, 4) is 0 Å². The second-order valence-corrected chi connectivity index (χ2v) is 2.17. The molecule has 0 saturated heterocycles. The van der Waals surface area contributed by atoms with Crippen LogP contribution in [-0.4, -0.2) is 30.2 Å². The lowest BCUT2D eigenvalue weighted by Crippen LogP contribution is -2.48. The maximum atomic E-state index is 10.3. The predicted octanol–water partition coefficient (Wildman–Crippen LogP) is -0.604. The molecular formula is C6H14N2O2. The molecule has 0 aromatic carbocycles. The number of aliphatic carboxylic acids is 1. The Hall–Kier alpha value is -0.610. The van der Waals surface area contributed by atoms with Gasteiger partial charge >= 0.3 is 5.97 Å². The van der Waals surface area contributed by atoms with E-state index in [1.807, 2.05) is 6.92 Å². The summed E-state index contributed by atoms with van der Waals surface area (Å²) in [6, 6.07) is -0.924. The van der Waals surface area contributed by atoms with Gasteiger partial charge in [0.25, 0.3) is 0 Å². The molecule has 0 saturated carbocycles. The van der Waals surface area contributed by atoms with Gasteiger partial charge in [0.15, 0.2) is 0 Å². The maximum Gasteiger partial charge on any atom is 0.322 e. The highest BCUT2D eigenvalue weighted by molar-refractivity contribution is 5.74. The Balaban J connectivity index is 3.88. The standard InChI is InChI=1S/C6H14N2O2/c1-3-4(8-2)5(7)6(9)10/h4-5,8H,3,7H2,1-2H3,(H,9,10). The molecule has 10 heavy (non-hydrogen) atoms. The summed E-state index contributed by atoms with van der Waals surface area (Å²) in [6.07, 6.45) is 0.726. The van der Waals surface area contributed by atoms with Gasteiger partial charge in [-0.15, -0.1) is 0 Å². The first-order chi connectivity index (χ1) is 4.63. The van der Waals surface area contributed by atoms with E-state index in [2.05, 4.69) is 5.32 Å². The zero-order valence-corrected chi connectivity index (χ0v) is 6.29. The van der Waals surface area contributed by atoms with Crippen molar-refractivity contribution >= 4 is 5.97 Å². The lowest BCUT2D eigenvalue weighted by Gasteiger charge is -2.17. The predicted molar refractivity (Wildman–Crippen MR) is 38.7 cm³/mol. The average molecular weight is 146 g/mol. The summed E-state index contributed by atoms with van der Waals surface area (Å²) in [5, 5.41) is 11.3. The van der Waals surface area contributed by atoms with Crippen molar-refractivity contribution in [3.05, 3.63) is 0 Å². The van der Waals surface area contributed by atoms with Crippen molar-refractivity contribution < 1.29 is 9.90 Å². The second-order valence-electron chi connectivity index (χ2n) is 2.17. The summed E-state index contributed by atoms with van der Waals surface area (Å²) in [6.45, 7) is 1.89. The van der Waals surface area contributed by atoms with Crippen molar-refractivity contribution in [3.63, 3.8) is 0 Å². The number of carboxylic acid groups (broad SMARTS) is 1. The van der Waals surface area contributed by atoms with E-state index >= 15 is 0 Å². The zero-order valence-electron chi connectivity index (χ0n) is 6.29. The summed E-state index contributed by atoms with van der Waals surface area (Å²) in [5.41, 5.74) is 5.32. The van der Waals surface area contributed by atoms with Gasteiger partial charge in [-0.3, -0.25) is 4.79 Å². The molecule has 0 spiro atoms. The van der Waals surface area contributed by atoms with Crippen molar-refractivity contribution in [2.45, 2.75) is 25.4 Å². The average Bonchev–Trinajstić information content (AvgIpc) is 1.90. The van der Waals surface area contributed by atoms with Gasteiger partial charge in [-0.1, -0.05) is 6.92 Å². The van der Waals surface area contributed by atoms with Gasteiger partial charge in [-0.2, -0.15) is 0 Å². The van der Waals surface area contributed by atoms with E-state index in [0.29, 0.717) is 0 Å². The van der Waals surface area contributed by atoms with Gasteiger partial charge in [0.1, 0.15) is 6.04 Å². The summed E-state index contributed by atoms with van der Waals surface area (Å²) in [7, 11) is 1.71. The topological polar surface area (TPSA) is 75.3 Å². The fourth-order valence-corrected chi connectivity index (χ4v) is 0.810. The molecule has 0 aliphatic carbocycles. The second kappa shape index (κ2) is 4.24. The lowest BCUT2D eigenvalue weighted by molar-refractivity contribution is -0.139. The van der Waals surface area contributed by atoms with E-state index in [0.717, 1.165) is 6.42 Å². The molecule has 0 rings (SSSR count). The van der Waals surface area contributed by atoms with Crippen LogP contribution in [0.5, 0.6) is 0 Å². The third-order valence-corrected chi connectivity index (χ3v) is 1.53. The van der Waals surface area contributed by atoms with Gasteiger partial charge in [0.2, 0.25) is 0 Å². The largest absolute Gasteiger partial charge is 0.480 e. The fourth-order valence-electron chi connectivity index (χ4n) is 0.810. The van der Waals surface area contributed by atoms with E-state index in [1.165, 1.54) is 0 Å². The Bertz CT molecular complexity index is 112. The molecule has 0 aromatic rings. The van der Waals surface area contributed by atoms with Crippen molar-refractivity contribution in [1.29, 1.82) is 0 Å². The molecule has 60 valence electrons. The van der Waals surface area contributed by atoms with E-state index in [-0.39, 0.29) is 6.04 Å². The molecule has 0 amide bonds. The van der Waals surface area contributed by atoms with Crippen LogP contribution < -0.4 is 11.1 Å². The van der Waals surface area contributed by atoms with Crippen molar-refractivity contribution in [2.75, 3.05) is 7.05 Å². The SMILES string of the molecule is CCC(NC)C(N)C(=O)O. The number of carbonyl (C=O) groups is 1. The number of hydrogen-bond acceptors (Lipinski definition) is 3. The first kappa shape index (κ1) is 9.39. The molecule has 2 atom stereocenters. The zero-order chi connectivity index (χ0) is 8.15. The van der Waals surface area contributed by atoms with E-state index in [1.54, 1.807) is 7.05 Å². The van der Waals surface area contributed by atoms with E-state index < -0.39 is 12.0 Å². The van der Waals surface area contributed by atoms with Crippen LogP contribution >= 0.6 is 0 Å². The first-order valence-electron chi connectivity index (χ1n) is 3.29. The van der Waals surface area contributed by atoms with Crippen LogP contribution in [0.1, 0.15) is 13.3 Å². The number of carboxylic acids is 1. The molecule has 0 bridgehead atoms. The number of nitrogens with one attached hydrogen (secondary N) is 1. The minimum absolute atomic E-state index is 0.127. The van der Waals surface area contributed by atoms with Crippen LogP contribution in [0.3, 0.4) is 0 Å². The summed E-state index contributed by atoms with van der Waals surface area (Å²) >= 11 is 0. The van der Waals surface area contributed by atoms with Crippen molar-refractivity contribution in [1.82, 2.24) is 5.32 Å². The number of nitrogens with two attached hydrogens (primary N) is 1. The lowest BCUT2D eigenvalue weighted by atomic mass is 10.1. The Morgan fingerprint density at radius 3 is 2.40 bits per heavy atom. The van der Waals surface area contributed by atoms with Gasteiger partial charge in [0.05, 0.1) is 0 Å². The number of likely N-dealkylation sites (N-methyl/N-ethyl adjacent to an activating group) is 1. The molecule has 4 heteroatoms. The Labute approximate surface area is 60.4 Å². The first-order valence-corrected chi connectivity index (χ1v) is 3.29. The van der Waals surface area contributed by atoms with Gasteiger partial charge in [-0.25, -0.2) is 0 Å². The molecule has 4 nitrogen and oxygen atoms in total. The normalized spacial score (nSPS) is 16.3. The minimum atomic E-state index is -0.957. The van der Waals surface area contributed by atoms with Crippen LogP contribution in [-0.2, 0) is 4.79 Å². The Morgan fingerprint density at radius 2 is 2.30 bits per heavy atom. The Kier molecular flexibility index (Phi) is 3.99.